The maximum absolute atomic E-state index is 13.2. The van der Waals surface area contributed by atoms with Crippen LogP contribution in [0.25, 0.3) is 0 Å². The number of nitrogens with one attached hydrogen (secondary N) is 2. The normalized spacial score (nSPS) is 16.6. The van der Waals surface area contributed by atoms with Gasteiger partial charge in [0.1, 0.15) is 6.17 Å². The minimum Gasteiger partial charge on any atom is -0.361 e. The number of amides is 1. The average Bonchev–Trinajstić information content (AvgIpc) is 2.64. The minimum atomic E-state index is -0.308. The van der Waals surface area contributed by atoms with Crippen molar-refractivity contribution in [2.75, 3.05) is 31.5 Å². The minimum absolute atomic E-state index is 0.0296. The molecule has 2 N–H and O–H groups in total. The summed E-state index contributed by atoms with van der Waals surface area (Å²) in [7, 11) is 0. The van der Waals surface area contributed by atoms with Crippen molar-refractivity contribution in [2.24, 2.45) is 0 Å². The Bertz CT molecular complexity index is 792. The molecule has 0 aliphatic carbocycles. The number of fused-ring (bicyclic) bond motifs is 1. The summed E-state index contributed by atoms with van der Waals surface area (Å²) >= 11 is 12.5. The number of hydrogen-bond acceptors (Lipinski definition) is 2. The van der Waals surface area contributed by atoms with Crippen LogP contribution in [0.3, 0.4) is 0 Å². The predicted molar refractivity (Wildman–Crippen MR) is 107 cm³/mol. The van der Waals surface area contributed by atoms with E-state index >= 15 is 0 Å². The lowest BCUT2D eigenvalue weighted by atomic mass is 10.0. The molecule has 0 bridgehead atoms. The molecule has 0 fully saturated rings. The molecular weight excluding hydrogens is 369 g/mol. The van der Waals surface area contributed by atoms with Crippen molar-refractivity contribution in [3.63, 3.8) is 0 Å². The quantitative estimate of drug-likeness (QED) is 0.789. The Morgan fingerprint density at radius 2 is 1.85 bits per heavy atom. The zero-order chi connectivity index (χ0) is 18.7. The van der Waals surface area contributed by atoms with Crippen LogP contribution >= 0.6 is 23.2 Å². The molecule has 0 spiro atoms. The number of anilines is 1. The van der Waals surface area contributed by atoms with Crippen molar-refractivity contribution in [3.05, 3.63) is 63.6 Å². The molecule has 2 aromatic carbocycles. The van der Waals surface area contributed by atoms with Gasteiger partial charge < -0.3 is 15.1 Å². The Morgan fingerprint density at radius 3 is 2.54 bits per heavy atom. The fourth-order valence-electron chi connectivity index (χ4n) is 3.37. The van der Waals surface area contributed by atoms with Crippen LogP contribution in [0, 0.1) is 0 Å². The summed E-state index contributed by atoms with van der Waals surface area (Å²) in [5.41, 5.74) is 2.39. The van der Waals surface area contributed by atoms with Gasteiger partial charge in [-0.1, -0.05) is 41.4 Å². The van der Waals surface area contributed by atoms with Crippen molar-refractivity contribution in [3.8, 4) is 0 Å². The van der Waals surface area contributed by atoms with Crippen LogP contribution in [-0.4, -0.2) is 37.0 Å². The van der Waals surface area contributed by atoms with Gasteiger partial charge in [0.25, 0.3) is 5.91 Å². The van der Waals surface area contributed by atoms with Gasteiger partial charge >= 0.3 is 0 Å². The fourth-order valence-corrected chi connectivity index (χ4v) is 3.89. The van der Waals surface area contributed by atoms with Crippen molar-refractivity contribution < 1.29 is 9.69 Å². The zero-order valence-corrected chi connectivity index (χ0v) is 16.6. The van der Waals surface area contributed by atoms with Crippen LogP contribution in [-0.2, 0) is 0 Å². The summed E-state index contributed by atoms with van der Waals surface area (Å²) in [6.07, 6.45) is -0.308. The van der Waals surface area contributed by atoms with Crippen molar-refractivity contribution in [1.82, 2.24) is 4.90 Å². The van der Waals surface area contributed by atoms with E-state index in [0.717, 1.165) is 30.9 Å². The molecule has 0 saturated heterocycles. The second kappa shape index (κ2) is 8.30. The topological polar surface area (TPSA) is 36.8 Å². The highest BCUT2D eigenvalue weighted by Gasteiger charge is 2.34. The van der Waals surface area contributed by atoms with E-state index in [1.54, 1.807) is 6.07 Å². The molecule has 138 valence electrons. The van der Waals surface area contributed by atoms with Gasteiger partial charge in [0.15, 0.2) is 0 Å². The molecule has 26 heavy (non-hydrogen) atoms. The van der Waals surface area contributed by atoms with E-state index in [2.05, 4.69) is 19.2 Å². The second-order valence-electron chi connectivity index (χ2n) is 6.46. The number of likely N-dealkylation sites (N-methyl/N-ethyl adjacent to an activating group) is 1. The van der Waals surface area contributed by atoms with E-state index in [1.807, 2.05) is 41.3 Å². The summed E-state index contributed by atoms with van der Waals surface area (Å²) in [5.74, 6) is 0.0296. The molecule has 0 saturated carbocycles. The van der Waals surface area contributed by atoms with Gasteiger partial charge in [0.05, 0.1) is 31.7 Å². The molecule has 1 aliphatic rings. The van der Waals surface area contributed by atoms with Gasteiger partial charge in [-0.3, -0.25) is 4.79 Å². The van der Waals surface area contributed by atoms with Gasteiger partial charge in [-0.2, -0.15) is 0 Å². The molecule has 6 heteroatoms. The summed E-state index contributed by atoms with van der Waals surface area (Å²) in [6.45, 7) is 7.95. The van der Waals surface area contributed by atoms with Crippen LogP contribution in [0.1, 0.15) is 35.9 Å². The largest absolute Gasteiger partial charge is 0.361 e. The number of rotatable bonds is 6. The van der Waals surface area contributed by atoms with E-state index in [9.17, 15) is 4.79 Å². The first-order chi connectivity index (χ1) is 12.5. The molecule has 2 aromatic rings. The van der Waals surface area contributed by atoms with E-state index < -0.39 is 0 Å². The third-order valence-electron chi connectivity index (χ3n) is 4.99. The van der Waals surface area contributed by atoms with E-state index in [4.69, 9.17) is 23.2 Å². The number of carbonyl (C=O) groups is 1. The molecule has 0 aromatic heterocycles. The molecule has 1 aliphatic heterocycles. The first-order valence-corrected chi connectivity index (χ1v) is 9.75. The summed E-state index contributed by atoms with van der Waals surface area (Å²) in [5, 5.41) is 4.62. The SMILES string of the molecule is CC[NH+](CC)CCN1C(=O)c2ccccc2N[C@H]1c1ccc(Cl)cc1Cl. The van der Waals surface area contributed by atoms with Crippen molar-refractivity contribution in [2.45, 2.75) is 20.0 Å². The third-order valence-corrected chi connectivity index (χ3v) is 5.55. The number of benzene rings is 2. The van der Waals surface area contributed by atoms with Crippen LogP contribution in [0.4, 0.5) is 5.69 Å². The Hall–Kier alpha value is -1.75. The lowest BCUT2D eigenvalue weighted by Crippen LogP contribution is -3.12. The Balaban J connectivity index is 1.96. The average molecular weight is 393 g/mol. The van der Waals surface area contributed by atoms with Gasteiger partial charge in [0.2, 0.25) is 0 Å². The number of halogens is 2. The second-order valence-corrected chi connectivity index (χ2v) is 7.31. The van der Waals surface area contributed by atoms with E-state index in [0.29, 0.717) is 22.2 Å². The maximum Gasteiger partial charge on any atom is 0.258 e. The number of quaternary nitrogens is 1. The molecule has 0 radical (unpaired) electrons. The number of hydrogen-bond donors (Lipinski definition) is 2. The highest BCUT2D eigenvalue weighted by Crippen LogP contribution is 2.36. The van der Waals surface area contributed by atoms with Crippen molar-refractivity contribution in [1.29, 1.82) is 0 Å². The predicted octanol–water partition coefficient (Wildman–Crippen LogP) is 3.48. The monoisotopic (exact) mass is 392 g/mol. The Labute approximate surface area is 164 Å². The standard InChI is InChI=1S/C20H23Cl2N3O/c1-3-24(4-2)11-12-25-19(15-10-9-14(21)13-17(15)22)23-18-8-6-5-7-16(18)20(25)26/h5-10,13,19,23H,3-4,11-12H2,1-2H3/p+1/t19-/m1/s1. The number of nitrogens with zero attached hydrogens (tertiary/aromatic N) is 1. The van der Waals surface area contributed by atoms with Gasteiger partial charge in [-0.05, 0) is 38.1 Å². The summed E-state index contributed by atoms with van der Waals surface area (Å²) in [4.78, 5) is 16.5. The number of para-hydroxylation sites is 1. The lowest BCUT2D eigenvalue weighted by Gasteiger charge is -2.38. The third kappa shape index (κ3) is 3.83. The number of carbonyl (C=O) groups excluding carboxylic acids is 1. The van der Waals surface area contributed by atoms with Crippen LogP contribution in [0.2, 0.25) is 10.0 Å². The van der Waals surface area contributed by atoms with E-state index in [-0.39, 0.29) is 12.1 Å². The molecular formula is C20H24Cl2N3O+. The molecule has 0 unspecified atom stereocenters. The smallest absolute Gasteiger partial charge is 0.258 e. The van der Waals surface area contributed by atoms with Crippen LogP contribution < -0.4 is 10.2 Å². The van der Waals surface area contributed by atoms with Crippen LogP contribution in [0.15, 0.2) is 42.5 Å². The Kier molecular flexibility index (Phi) is 6.07. The zero-order valence-electron chi connectivity index (χ0n) is 15.1. The summed E-state index contributed by atoms with van der Waals surface area (Å²) < 4.78 is 0. The highest BCUT2D eigenvalue weighted by molar-refractivity contribution is 6.35. The van der Waals surface area contributed by atoms with Gasteiger partial charge in [-0.15, -0.1) is 0 Å². The van der Waals surface area contributed by atoms with Gasteiger partial charge in [-0.25, -0.2) is 0 Å². The maximum atomic E-state index is 13.2. The molecule has 3 rings (SSSR count). The fraction of sp³-hybridized carbons (Fsp3) is 0.350. The molecule has 1 heterocycles. The van der Waals surface area contributed by atoms with E-state index in [1.165, 1.54) is 4.90 Å². The first-order valence-electron chi connectivity index (χ1n) is 9.00. The Morgan fingerprint density at radius 1 is 1.12 bits per heavy atom. The van der Waals surface area contributed by atoms with Crippen molar-refractivity contribution >= 4 is 34.8 Å². The first kappa shape index (κ1) is 19.0. The molecule has 1 atom stereocenters. The van der Waals surface area contributed by atoms with Gasteiger partial charge in [0, 0.05) is 21.3 Å². The molecule has 4 nitrogen and oxygen atoms in total. The highest BCUT2D eigenvalue weighted by atomic mass is 35.5. The molecule has 1 amide bonds. The lowest BCUT2D eigenvalue weighted by molar-refractivity contribution is -0.895. The van der Waals surface area contributed by atoms with Crippen LogP contribution in [0.5, 0.6) is 0 Å². The summed E-state index contributed by atoms with van der Waals surface area (Å²) in [6, 6.07) is 13.0.